The SMILES string of the molecule is C=CC(=O)OCCCC[N+](C)(C)Cc1ccccc1.[Cl-]. The molecule has 0 heterocycles. The molecule has 0 radical (unpaired) electrons. The zero-order chi connectivity index (χ0) is 14.1. The van der Waals surface area contributed by atoms with Crippen molar-refractivity contribution in [1.29, 1.82) is 0 Å². The van der Waals surface area contributed by atoms with E-state index in [0.717, 1.165) is 30.4 Å². The fourth-order valence-electron chi connectivity index (χ4n) is 2.03. The first-order valence-corrected chi connectivity index (χ1v) is 6.68. The van der Waals surface area contributed by atoms with Crippen molar-refractivity contribution in [3.63, 3.8) is 0 Å². The number of unbranched alkanes of at least 4 members (excludes halogenated alkanes) is 1. The number of carbonyl (C=O) groups is 1. The molecule has 1 rings (SSSR count). The van der Waals surface area contributed by atoms with E-state index in [2.05, 4.69) is 44.9 Å². The molecule has 112 valence electrons. The molecule has 0 saturated heterocycles. The van der Waals surface area contributed by atoms with Crippen LogP contribution in [0.2, 0.25) is 0 Å². The Morgan fingerprint density at radius 3 is 2.50 bits per heavy atom. The molecule has 0 aliphatic heterocycles. The molecule has 0 saturated carbocycles. The maximum absolute atomic E-state index is 10.9. The van der Waals surface area contributed by atoms with Gasteiger partial charge in [0.15, 0.2) is 0 Å². The number of carbonyl (C=O) groups excluding carboxylic acids is 1. The van der Waals surface area contributed by atoms with Crippen molar-refractivity contribution in [2.24, 2.45) is 0 Å². The van der Waals surface area contributed by atoms with Crippen LogP contribution in [0.1, 0.15) is 18.4 Å². The Morgan fingerprint density at radius 2 is 1.90 bits per heavy atom. The summed E-state index contributed by atoms with van der Waals surface area (Å²) < 4.78 is 5.90. The lowest BCUT2D eigenvalue weighted by molar-refractivity contribution is -0.903. The van der Waals surface area contributed by atoms with Crippen molar-refractivity contribution in [2.75, 3.05) is 27.2 Å². The second kappa shape index (κ2) is 9.56. The van der Waals surface area contributed by atoms with E-state index < -0.39 is 0 Å². The summed E-state index contributed by atoms with van der Waals surface area (Å²) >= 11 is 0. The van der Waals surface area contributed by atoms with Crippen LogP contribution in [0, 0.1) is 0 Å². The highest BCUT2D eigenvalue weighted by Crippen LogP contribution is 2.10. The Bertz CT molecular complexity index is 404. The topological polar surface area (TPSA) is 26.3 Å². The van der Waals surface area contributed by atoms with Gasteiger partial charge in [0.1, 0.15) is 6.54 Å². The number of hydrogen-bond acceptors (Lipinski definition) is 2. The molecule has 0 bridgehead atoms. The summed E-state index contributed by atoms with van der Waals surface area (Å²) in [6.45, 7) is 5.94. The van der Waals surface area contributed by atoms with Gasteiger partial charge in [-0.2, -0.15) is 0 Å². The van der Waals surface area contributed by atoms with Crippen LogP contribution in [-0.2, 0) is 16.1 Å². The number of halogens is 1. The number of hydrogen-bond donors (Lipinski definition) is 0. The molecule has 0 unspecified atom stereocenters. The first-order chi connectivity index (χ1) is 9.03. The molecule has 0 aromatic heterocycles. The van der Waals surface area contributed by atoms with Crippen molar-refractivity contribution in [3.8, 4) is 0 Å². The summed E-state index contributed by atoms with van der Waals surface area (Å²) in [5, 5.41) is 0. The number of quaternary nitrogens is 1. The minimum absolute atomic E-state index is 0. The van der Waals surface area contributed by atoms with Crippen LogP contribution in [-0.4, -0.2) is 37.7 Å². The van der Waals surface area contributed by atoms with Gasteiger partial charge in [0.2, 0.25) is 0 Å². The van der Waals surface area contributed by atoms with Crippen LogP contribution >= 0.6 is 0 Å². The van der Waals surface area contributed by atoms with Crippen molar-refractivity contribution >= 4 is 5.97 Å². The second-order valence-corrected chi connectivity index (χ2v) is 5.38. The largest absolute Gasteiger partial charge is 1.00 e. The molecule has 0 aliphatic rings. The zero-order valence-electron chi connectivity index (χ0n) is 12.3. The van der Waals surface area contributed by atoms with Gasteiger partial charge < -0.3 is 21.6 Å². The molecule has 1 aromatic carbocycles. The average Bonchev–Trinajstić information content (AvgIpc) is 2.38. The predicted octanol–water partition coefficient (Wildman–Crippen LogP) is -0.224. The summed E-state index contributed by atoms with van der Waals surface area (Å²) in [4.78, 5) is 10.9. The number of rotatable bonds is 8. The van der Waals surface area contributed by atoms with Crippen molar-refractivity contribution in [3.05, 3.63) is 48.6 Å². The molecule has 20 heavy (non-hydrogen) atoms. The highest BCUT2D eigenvalue weighted by Gasteiger charge is 2.15. The molecule has 0 amide bonds. The van der Waals surface area contributed by atoms with Crippen LogP contribution in [0.15, 0.2) is 43.0 Å². The van der Waals surface area contributed by atoms with Gasteiger partial charge in [0, 0.05) is 11.6 Å². The number of ether oxygens (including phenoxy) is 1. The third-order valence-electron chi connectivity index (χ3n) is 3.02. The maximum atomic E-state index is 10.9. The molecule has 0 spiro atoms. The Hall–Kier alpha value is -1.32. The van der Waals surface area contributed by atoms with E-state index in [1.54, 1.807) is 0 Å². The van der Waals surface area contributed by atoms with E-state index in [9.17, 15) is 4.79 Å². The van der Waals surface area contributed by atoms with Crippen LogP contribution < -0.4 is 12.4 Å². The first-order valence-electron chi connectivity index (χ1n) is 6.68. The smallest absolute Gasteiger partial charge is 0.330 e. The maximum Gasteiger partial charge on any atom is 0.330 e. The fourth-order valence-corrected chi connectivity index (χ4v) is 2.03. The molecule has 0 atom stereocenters. The first kappa shape index (κ1) is 18.7. The van der Waals surface area contributed by atoms with E-state index in [0.29, 0.717) is 6.61 Å². The third-order valence-corrected chi connectivity index (χ3v) is 3.02. The Morgan fingerprint density at radius 1 is 1.25 bits per heavy atom. The minimum Gasteiger partial charge on any atom is -1.00 e. The molecule has 0 N–H and O–H groups in total. The van der Waals surface area contributed by atoms with Crippen LogP contribution in [0.4, 0.5) is 0 Å². The molecular formula is C16H24ClNO2. The lowest BCUT2D eigenvalue weighted by Crippen LogP contribution is -3.00. The molecular weight excluding hydrogens is 274 g/mol. The highest BCUT2D eigenvalue weighted by atomic mass is 35.5. The van der Waals surface area contributed by atoms with E-state index in [1.807, 2.05) is 6.07 Å². The number of benzene rings is 1. The van der Waals surface area contributed by atoms with Crippen molar-refractivity contribution < 1.29 is 26.4 Å². The van der Waals surface area contributed by atoms with E-state index in [4.69, 9.17) is 4.74 Å². The van der Waals surface area contributed by atoms with Crippen LogP contribution in [0.5, 0.6) is 0 Å². The number of nitrogens with zero attached hydrogens (tertiary/aromatic N) is 1. The van der Waals surface area contributed by atoms with Crippen LogP contribution in [0.3, 0.4) is 0 Å². The standard InChI is InChI=1S/C16H24NO2.ClH/c1-4-16(18)19-13-9-8-12-17(2,3)14-15-10-6-5-7-11-15;/h4-7,10-11H,1,8-9,12-14H2,2-3H3;1H/q+1;/p-1. The predicted molar refractivity (Wildman–Crippen MR) is 77.5 cm³/mol. The Kier molecular flexibility index (Phi) is 8.93. The zero-order valence-corrected chi connectivity index (χ0v) is 13.1. The second-order valence-electron chi connectivity index (χ2n) is 5.38. The number of esters is 1. The Balaban J connectivity index is 0.00000361. The normalized spacial score (nSPS) is 10.5. The summed E-state index contributed by atoms with van der Waals surface area (Å²) in [6.07, 6.45) is 3.15. The highest BCUT2D eigenvalue weighted by molar-refractivity contribution is 5.81. The van der Waals surface area contributed by atoms with Gasteiger partial charge in [-0.1, -0.05) is 36.9 Å². The molecule has 0 aliphatic carbocycles. The quantitative estimate of drug-likeness (QED) is 0.287. The van der Waals surface area contributed by atoms with Crippen LogP contribution in [0.25, 0.3) is 0 Å². The van der Waals surface area contributed by atoms with E-state index >= 15 is 0 Å². The average molecular weight is 298 g/mol. The third kappa shape index (κ3) is 7.97. The summed E-state index contributed by atoms with van der Waals surface area (Å²) in [5.74, 6) is -0.335. The lowest BCUT2D eigenvalue weighted by Gasteiger charge is -2.30. The molecule has 4 heteroatoms. The molecule has 0 fully saturated rings. The van der Waals surface area contributed by atoms with Gasteiger partial charge in [-0.25, -0.2) is 4.79 Å². The van der Waals surface area contributed by atoms with Gasteiger partial charge in [-0.3, -0.25) is 0 Å². The Labute approximate surface area is 128 Å². The summed E-state index contributed by atoms with van der Waals surface area (Å²) in [5.41, 5.74) is 1.35. The molecule has 3 nitrogen and oxygen atoms in total. The van der Waals surface area contributed by atoms with Gasteiger partial charge in [-0.05, 0) is 12.8 Å². The van der Waals surface area contributed by atoms with E-state index in [1.165, 1.54) is 11.6 Å². The van der Waals surface area contributed by atoms with Gasteiger partial charge >= 0.3 is 5.97 Å². The minimum atomic E-state index is -0.335. The monoisotopic (exact) mass is 297 g/mol. The van der Waals surface area contributed by atoms with Crippen molar-refractivity contribution in [1.82, 2.24) is 0 Å². The summed E-state index contributed by atoms with van der Waals surface area (Å²) in [6, 6.07) is 10.5. The lowest BCUT2D eigenvalue weighted by atomic mass is 10.2. The van der Waals surface area contributed by atoms with Gasteiger partial charge in [0.25, 0.3) is 0 Å². The van der Waals surface area contributed by atoms with Gasteiger partial charge in [0.05, 0.1) is 27.2 Å². The van der Waals surface area contributed by atoms with Gasteiger partial charge in [-0.15, -0.1) is 0 Å². The van der Waals surface area contributed by atoms with E-state index in [-0.39, 0.29) is 18.4 Å². The fraction of sp³-hybridized carbons (Fsp3) is 0.438. The summed E-state index contributed by atoms with van der Waals surface area (Å²) in [7, 11) is 4.45. The van der Waals surface area contributed by atoms with Crippen molar-refractivity contribution in [2.45, 2.75) is 19.4 Å². The molecule has 1 aromatic rings.